The van der Waals surface area contributed by atoms with Crippen LogP contribution in [0.5, 0.6) is 0 Å². The van der Waals surface area contributed by atoms with E-state index in [2.05, 4.69) is 27.3 Å². The van der Waals surface area contributed by atoms with Crippen LogP contribution in [-0.2, 0) is 0 Å². The highest BCUT2D eigenvalue weighted by atomic mass is 32.2. The summed E-state index contributed by atoms with van der Waals surface area (Å²) >= 11 is 1.98. The van der Waals surface area contributed by atoms with Gasteiger partial charge in [0, 0.05) is 30.6 Å². The van der Waals surface area contributed by atoms with E-state index in [-0.39, 0.29) is 0 Å². The Bertz CT molecular complexity index is 419. The van der Waals surface area contributed by atoms with Crippen LogP contribution in [0.3, 0.4) is 0 Å². The molecule has 5 nitrogen and oxygen atoms in total. The fourth-order valence-electron chi connectivity index (χ4n) is 2.93. The van der Waals surface area contributed by atoms with Gasteiger partial charge in [0.25, 0.3) is 5.95 Å². The molecular formula is C14H24N4OS. The summed E-state index contributed by atoms with van der Waals surface area (Å²) in [5, 5.41) is 7.81. The molecule has 0 spiro atoms. The number of aromatic nitrogens is 2. The Hall–Kier alpha value is -0.750. The largest absolute Gasteiger partial charge is 0.338 e. The van der Waals surface area contributed by atoms with E-state index < -0.39 is 0 Å². The van der Waals surface area contributed by atoms with Gasteiger partial charge in [-0.3, -0.25) is 0 Å². The average molecular weight is 296 g/mol. The number of rotatable bonds is 5. The Labute approximate surface area is 124 Å². The van der Waals surface area contributed by atoms with Gasteiger partial charge in [0.1, 0.15) is 0 Å². The minimum Gasteiger partial charge on any atom is -0.338 e. The van der Waals surface area contributed by atoms with Gasteiger partial charge in [-0.2, -0.15) is 16.7 Å². The number of anilines is 1. The molecule has 2 unspecified atom stereocenters. The molecule has 2 atom stereocenters. The number of hydrogen-bond acceptors (Lipinski definition) is 6. The zero-order chi connectivity index (χ0) is 13.8. The second-order valence-corrected chi connectivity index (χ2v) is 6.76. The van der Waals surface area contributed by atoms with Crippen LogP contribution >= 0.6 is 11.8 Å². The molecule has 112 valence electrons. The first kappa shape index (κ1) is 14.2. The van der Waals surface area contributed by atoms with Gasteiger partial charge in [-0.25, -0.2) is 0 Å². The minimum atomic E-state index is 0.373. The highest BCUT2D eigenvalue weighted by molar-refractivity contribution is 7.99. The van der Waals surface area contributed by atoms with E-state index in [4.69, 9.17) is 4.52 Å². The van der Waals surface area contributed by atoms with Crippen molar-refractivity contribution < 1.29 is 4.52 Å². The van der Waals surface area contributed by atoms with Crippen LogP contribution < -0.4 is 10.2 Å². The molecule has 2 fully saturated rings. The smallest absolute Gasteiger partial charge is 0.266 e. The van der Waals surface area contributed by atoms with Crippen LogP contribution in [0.4, 0.5) is 5.95 Å². The van der Waals surface area contributed by atoms with Crippen LogP contribution in [-0.4, -0.2) is 47.3 Å². The van der Waals surface area contributed by atoms with Gasteiger partial charge in [0.05, 0.1) is 5.92 Å². The van der Waals surface area contributed by atoms with Gasteiger partial charge in [0.2, 0.25) is 5.89 Å². The van der Waals surface area contributed by atoms with Crippen molar-refractivity contribution >= 4 is 17.7 Å². The molecule has 6 heteroatoms. The SMILES string of the molecule is CCCNC1CSCC1c1nc(N2CCCCC2)no1. The topological polar surface area (TPSA) is 54.2 Å². The third-order valence-corrected chi connectivity index (χ3v) is 5.31. The van der Waals surface area contributed by atoms with E-state index in [1.54, 1.807) is 0 Å². The molecule has 20 heavy (non-hydrogen) atoms. The fraction of sp³-hybridized carbons (Fsp3) is 0.857. The van der Waals surface area contributed by atoms with Gasteiger partial charge in [-0.05, 0) is 37.4 Å². The molecule has 1 aromatic rings. The Morgan fingerprint density at radius 2 is 2.15 bits per heavy atom. The molecular weight excluding hydrogens is 272 g/mol. The Kier molecular flexibility index (Phi) is 4.83. The molecule has 2 aliphatic heterocycles. The third-order valence-electron chi connectivity index (χ3n) is 4.12. The summed E-state index contributed by atoms with van der Waals surface area (Å²) in [7, 11) is 0. The standard InChI is InChI=1S/C14H24N4OS/c1-2-6-15-12-10-20-9-11(12)13-16-14(17-19-13)18-7-4-3-5-8-18/h11-12,15H,2-10H2,1H3. The van der Waals surface area contributed by atoms with E-state index in [1.807, 2.05) is 11.8 Å². The quantitative estimate of drug-likeness (QED) is 0.899. The van der Waals surface area contributed by atoms with Crippen molar-refractivity contribution in [3.63, 3.8) is 0 Å². The van der Waals surface area contributed by atoms with Crippen molar-refractivity contribution in [1.29, 1.82) is 0 Å². The first-order valence-corrected chi connectivity index (χ1v) is 8.93. The lowest BCUT2D eigenvalue weighted by molar-refractivity contribution is 0.338. The van der Waals surface area contributed by atoms with E-state index in [0.29, 0.717) is 12.0 Å². The maximum absolute atomic E-state index is 5.56. The summed E-state index contributed by atoms with van der Waals surface area (Å²) < 4.78 is 5.56. The van der Waals surface area contributed by atoms with E-state index in [9.17, 15) is 0 Å². The number of thioether (sulfide) groups is 1. The Balaban J connectivity index is 1.65. The zero-order valence-corrected chi connectivity index (χ0v) is 13.0. The Morgan fingerprint density at radius 1 is 1.30 bits per heavy atom. The molecule has 2 aliphatic rings. The second kappa shape index (κ2) is 6.80. The van der Waals surface area contributed by atoms with Crippen LogP contribution in [0, 0.1) is 0 Å². The van der Waals surface area contributed by atoms with Gasteiger partial charge < -0.3 is 14.7 Å². The molecule has 0 saturated carbocycles. The lowest BCUT2D eigenvalue weighted by Gasteiger charge is -2.24. The predicted octanol–water partition coefficient (Wildman–Crippen LogP) is 2.26. The second-order valence-electron chi connectivity index (χ2n) is 5.68. The molecule has 0 radical (unpaired) electrons. The zero-order valence-electron chi connectivity index (χ0n) is 12.2. The van der Waals surface area contributed by atoms with Gasteiger partial charge >= 0.3 is 0 Å². The van der Waals surface area contributed by atoms with Crippen molar-refractivity contribution in [2.45, 2.75) is 44.6 Å². The first-order chi connectivity index (χ1) is 9.88. The van der Waals surface area contributed by atoms with E-state index in [1.165, 1.54) is 19.3 Å². The monoisotopic (exact) mass is 296 g/mol. The molecule has 1 N–H and O–H groups in total. The van der Waals surface area contributed by atoms with Crippen molar-refractivity contribution in [1.82, 2.24) is 15.5 Å². The first-order valence-electron chi connectivity index (χ1n) is 7.78. The van der Waals surface area contributed by atoms with Crippen LogP contribution in [0.25, 0.3) is 0 Å². The molecule has 0 amide bonds. The molecule has 0 aromatic carbocycles. The summed E-state index contributed by atoms with van der Waals surface area (Å²) in [6.45, 7) is 5.39. The summed E-state index contributed by atoms with van der Waals surface area (Å²) in [6, 6.07) is 0.481. The maximum atomic E-state index is 5.56. The van der Waals surface area contributed by atoms with Gasteiger partial charge in [0.15, 0.2) is 0 Å². The third kappa shape index (κ3) is 3.11. The van der Waals surface area contributed by atoms with Crippen molar-refractivity contribution in [3.8, 4) is 0 Å². The predicted molar refractivity (Wildman–Crippen MR) is 82.5 cm³/mol. The fourth-order valence-corrected chi connectivity index (χ4v) is 4.30. The summed E-state index contributed by atoms with van der Waals surface area (Å²) in [6.07, 6.45) is 4.97. The molecule has 0 aliphatic carbocycles. The molecule has 3 rings (SSSR count). The molecule has 1 aromatic heterocycles. The summed E-state index contributed by atoms with van der Waals surface area (Å²) in [4.78, 5) is 6.93. The summed E-state index contributed by atoms with van der Waals surface area (Å²) in [5.74, 6) is 4.22. The van der Waals surface area contributed by atoms with Gasteiger partial charge in [-0.1, -0.05) is 6.92 Å². The van der Waals surface area contributed by atoms with Crippen LogP contribution in [0.15, 0.2) is 4.52 Å². The Morgan fingerprint density at radius 3 is 2.95 bits per heavy atom. The normalized spacial score (nSPS) is 27.1. The van der Waals surface area contributed by atoms with E-state index in [0.717, 1.165) is 49.4 Å². The molecule has 2 saturated heterocycles. The molecule has 3 heterocycles. The van der Waals surface area contributed by atoms with E-state index >= 15 is 0 Å². The van der Waals surface area contributed by atoms with Gasteiger partial charge in [-0.15, -0.1) is 0 Å². The van der Waals surface area contributed by atoms with Crippen molar-refractivity contribution in [3.05, 3.63) is 5.89 Å². The number of nitrogens with zero attached hydrogens (tertiary/aromatic N) is 3. The van der Waals surface area contributed by atoms with Crippen LogP contribution in [0.2, 0.25) is 0 Å². The number of nitrogens with one attached hydrogen (secondary N) is 1. The maximum Gasteiger partial charge on any atom is 0.266 e. The average Bonchev–Trinajstić information content (AvgIpc) is 3.14. The minimum absolute atomic E-state index is 0.373. The lowest BCUT2D eigenvalue weighted by atomic mass is 10.0. The lowest BCUT2D eigenvalue weighted by Crippen LogP contribution is -2.35. The summed E-state index contributed by atoms with van der Waals surface area (Å²) in [5.41, 5.74) is 0. The highest BCUT2D eigenvalue weighted by Gasteiger charge is 2.33. The number of hydrogen-bond donors (Lipinski definition) is 1. The van der Waals surface area contributed by atoms with Crippen molar-refractivity contribution in [2.24, 2.45) is 0 Å². The molecule has 0 bridgehead atoms. The van der Waals surface area contributed by atoms with Crippen molar-refractivity contribution in [2.75, 3.05) is 36.0 Å². The van der Waals surface area contributed by atoms with Crippen LogP contribution in [0.1, 0.15) is 44.4 Å². The number of piperidine rings is 1. The highest BCUT2D eigenvalue weighted by Crippen LogP contribution is 2.33.